The number of nitrogens with zero attached hydrogens (tertiary/aromatic N) is 1. The Kier molecular flexibility index (Phi) is 3.52. The van der Waals surface area contributed by atoms with Crippen LogP contribution in [0.5, 0.6) is 0 Å². The zero-order valence-electron chi connectivity index (χ0n) is 10.1. The third kappa shape index (κ3) is 3.12. The number of likely N-dealkylation sites (tertiary alicyclic amines) is 1. The Morgan fingerprint density at radius 1 is 1.41 bits per heavy atom. The molecule has 1 heterocycles. The van der Waals surface area contributed by atoms with Gasteiger partial charge in [0.15, 0.2) is 0 Å². The number of urea groups is 1. The van der Waals surface area contributed by atoms with Crippen LogP contribution in [0.3, 0.4) is 0 Å². The highest BCUT2D eigenvalue weighted by Gasteiger charge is 2.20. The average molecular weight is 233 g/mol. The van der Waals surface area contributed by atoms with Crippen molar-refractivity contribution in [3.05, 3.63) is 24.3 Å². The van der Waals surface area contributed by atoms with Gasteiger partial charge in [0, 0.05) is 24.5 Å². The Hall–Kier alpha value is -1.71. The molecule has 0 bridgehead atoms. The number of nitrogen functional groups attached to an aromatic ring is 1. The molecular formula is C13H19N3O. The van der Waals surface area contributed by atoms with Crippen LogP contribution in [0.25, 0.3) is 0 Å². The van der Waals surface area contributed by atoms with E-state index in [1.807, 2.05) is 17.0 Å². The van der Waals surface area contributed by atoms with E-state index >= 15 is 0 Å². The highest BCUT2D eigenvalue weighted by Crippen LogP contribution is 2.17. The van der Waals surface area contributed by atoms with E-state index in [0.717, 1.165) is 25.2 Å². The Labute approximate surface area is 102 Å². The lowest BCUT2D eigenvalue weighted by atomic mass is 10.0. The van der Waals surface area contributed by atoms with E-state index in [9.17, 15) is 4.79 Å². The van der Waals surface area contributed by atoms with Crippen LogP contribution in [0.1, 0.15) is 19.8 Å². The van der Waals surface area contributed by atoms with Crippen molar-refractivity contribution in [3.63, 3.8) is 0 Å². The Morgan fingerprint density at radius 2 is 2.12 bits per heavy atom. The fraction of sp³-hybridized carbons (Fsp3) is 0.462. The monoisotopic (exact) mass is 233 g/mol. The van der Waals surface area contributed by atoms with E-state index in [-0.39, 0.29) is 6.03 Å². The van der Waals surface area contributed by atoms with Crippen molar-refractivity contribution in [2.75, 3.05) is 24.1 Å². The summed E-state index contributed by atoms with van der Waals surface area (Å²) in [6, 6.07) is 7.20. The fourth-order valence-corrected chi connectivity index (χ4v) is 2.14. The van der Waals surface area contributed by atoms with Gasteiger partial charge in [-0.25, -0.2) is 4.79 Å². The molecule has 1 fully saturated rings. The van der Waals surface area contributed by atoms with Gasteiger partial charge in [-0.15, -0.1) is 0 Å². The summed E-state index contributed by atoms with van der Waals surface area (Å²) in [4.78, 5) is 13.9. The molecule has 0 aliphatic carbocycles. The first-order valence-electron chi connectivity index (χ1n) is 6.06. The maximum absolute atomic E-state index is 12.0. The quantitative estimate of drug-likeness (QED) is 0.732. The zero-order chi connectivity index (χ0) is 12.3. The van der Waals surface area contributed by atoms with Gasteiger partial charge >= 0.3 is 6.03 Å². The Balaban J connectivity index is 1.94. The number of amides is 2. The molecule has 4 heteroatoms. The SMILES string of the molecule is CC1CCCN(C(=O)Nc2ccc(N)cc2)C1. The third-order valence-electron chi connectivity index (χ3n) is 3.11. The van der Waals surface area contributed by atoms with E-state index in [4.69, 9.17) is 5.73 Å². The van der Waals surface area contributed by atoms with Crippen LogP contribution in [0, 0.1) is 5.92 Å². The molecule has 1 atom stereocenters. The molecule has 1 aromatic rings. The second-order valence-corrected chi connectivity index (χ2v) is 4.75. The second kappa shape index (κ2) is 5.08. The minimum Gasteiger partial charge on any atom is -0.399 e. The number of nitrogens with one attached hydrogen (secondary N) is 1. The number of hydrogen-bond donors (Lipinski definition) is 2. The van der Waals surface area contributed by atoms with Crippen molar-refractivity contribution in [1.82, 2.24) is 4.90 Å². The average Bonchev–Trinajstić information content (AvgIpc) is 2.32. The molecule has 1 aliphatic heterocycles. The summed E-state index contributed by atoms with van der Waals surface area (Å²) >= 11 is 0. The van der Waals surface area contributed by atoms with Gasteiger partial charge in [-0.2, -0.15) is 0 Å². The molecule has 3 N–H and O–H groups in total. The van der Waals surface area contributed by atoms with E-state index in [1.165, 1.54) is 6.42 Å². The molecule has 0 saturated carbocycles. The number of carbonyl (C=O) groups excluding carboxylic acids is 1. The standard InChI is InChI=1S/C13H19N3O/c1-10-3-2-8-16(9-10)13(17)15-12-6-4-11(14)5-7-12/h4-7,10H,2-3,8-9,14H2,1H3,(H,15,17). The van der Waals surface area contributed by atoms with Crippen LogP contribution in [0.15, 0.2) is 24.3 Å². The van der Waals surface area contributed by atoms with Crippen molar-refractivity contribution in [2.45, 2.75) is 19.8 Å². The maximum atomic E-state index is 12.0. The minimum absolute atomic E-state index is 0.0127. The van der Waals surface area contributed by atoms with Gasteiger partial charge < -0.3 is 16.0 Å². The van der Waals surface area contributed by atoms with Crippen molar-refractivity contribution < 1.29 is 4.79 Å². The zero-order valence-corrected chi connectivity index (χ0v) is 10.1. The number of carbonyl (C=O) groups is 1. The molecule has 0 spiro atoms. The number of benzene rings is 1. The van der Waals surface area contributed by atoms with Crippen LogP contribution in [0.4, 0.5) is 16.2 Å². The molecule has 92 valence electrons. The molecule has 0 radical (unpaired) electrons. The number of nitrogens with two attached hydrogens (primary N) is 1. The maximum Gasteiger partial charge on any atom is 0.321 e. The van der Waals surface area contributed by atoms with Crippen LogP contribution < -0.4 is 11.1 Å². The normalized spacial score (nSPS) is 20.1. The van der Waals surface area contributed by atoms with Gasteiger partial charge in [0.25, 0.3) is 0 Å². The van der Waals surface area contributed by atoms with Gasteiger partial charge in [0.1, 0.15) is 0 Å². The van der Waals surface area contributed by atoms with Crippen molar-refractivity contribution in [2.24, 2.45) is 5.92 Å². The van der Waals surface area contributed by atoms with Gasteiger partial charge in [-0.05, 0) is 43.0 Å². The van der Waals surface area contributed by atoms with Crippen molar-refractivity contribution >= 4 is 17.4 Å². The summed E-state index contributed by atoms with van der Waals surface area (Å²) in [5.74, 6) is 0.598. The third-order valence-corrected chi connectivity index (χ3v) is 3.11. The number of piperidine rings is 1. The summed E-state index contributed by atoms with van der Waals surface area (Å²) in [6.45, 7) is 3.88. The summed E-state index contributed by atoms with van der Waals surface area (Å²) < 4.78 is 0. The van der Waals surface area contributed by atoms with E-state index in [1.54, 1.807) is 12.1 Å². The van der Waals surface area contributed by atoms with Crippen LogP contribution >= 0.6 is 0 Å². The molecule has 4 nitrogen and oxygen atoms in total. The van der Waals surface area contributed by atoms with E-state index in [2.05, 4.69) is 12.2 Å². The molecule has 0 aromatic heterocycles. The summed E-state index contributed by atoms with van der Waals surface area (Å²) in [6.07, 6.45) is 2.31. The second-order valence-electron chi connectivity index (χ2n) is 4.75. The summed E-state index contributed by atoms with van der Waals surface area (Å²) in [7, 11) is 0. The molecule has 1 aliphatic rings. The van der Waals surface area contributed by atoms with Gasteiger partial charge in [0.2, 0.25) is 0 Å². The van der Waals surface area contributed by atoms with Crippen LogP contribution in [-0.2, 0) is 0 Å². The Bertz CT molecular complexity index is 388. The lowest BCUT2D eigenvalue weighted by molar-refractivity contribution is 0.182. The molecule has 1 unspecified atom stereocenters. The van der Waals surface area contributed by atoms with Crippen molar-refractivity contribution in [1.29, 1.82) is 0 Å². The molecule has 2 amide bonds. The van der Waals surface area contributed by atoms with Crippen LogP contribution in [-0.4, -0.2) is 24.0 Å². The summed E-state index contributed by atoms with van der Waals surface area (Å²) in [5, 5.41) is 2.89. The fourth-order valence-electron chi connectivity index (χ4n) is 2.14. The van der Waals surface area contributed by atoms with Crippen LogP contribution in [0.2, 0.25) is 0 Å². The lowest BCUT2D eigenvalue weighted by Gasteiger charge is -2.30. The number of rotatable bonds is 1. The first-order chi connectivity index (χ1) is 8.15. The largest absolute Gasteiger partial charge is 0.399 e. The minimum atomic E-state index is -0.0127. The Morgan fingerprint density at radius 3 is 2.76 bits per heavy atom. The lowest BCUT2D eigenvalue weighted by Crippen LogP contribution is -2.41. The molecular weight excluding hydrogens is 214 g/mol. The predicted octanol–water partition coefficient (Wildman–Crippen LogP) is 2.53. The molecule has 17 heavy (non-hydrogen) atoms. The van der Waals surface area contributed by atoms with Gasteiger partial charge in [-0.3, -0.25) is 0 Å². The first kappa shape index (κ1) is 11.8. The highest BCUT2D eigenvalue weighted by atomic mass is 16.2. The highest BCUT2D eigenvalue weighted by molar-refractivity contribution is 5.89. The van der Waals surface area contributed by atoms with Gasteiger partial charge in [-0.1, -0.05) is 6.92 Å². The van der Waals surface area contributed by atoms with Gasteiger partial charge in [0.05, 0.1) is 0 Å². The van der Waals surface area contributed by atoms with E-state index in [0.29, 0.717) is 11.6 Å². The topological polar surface area (TPSA) is 58.4 Å². The predicted molar refractivity (Wildman–Crippen MR) is 69.8 cm³/mol. The molecule has 1 saturated heterocycles. The first-order valence-corrected chi connectivity index (χ1v) is 6.06. The number of anilines is 2. The molecule has 1 aromatic carbocycles. The van der Waals surface area contributed by atoms with E-state index < -0.39 is 0 Å². The molecule has 2 rings (SSSR count). The summed E-state index contributed by atoms with van der Waals surface area (Å²) in [5.41, 5.74) is 7.09. The number of hydrogen-bond acceptors (Lipinski definition) is 2. The smallest absolute Gasteiger partial charge is 0.321 e. The van der Waals surface area contributed by atoms with Crippen molar-refractivity contribution in [3.8, 4) is 0 Å².